The first-order valence-electron chi connectivity index (χ1n) is 6.02. The number of phenolic OH excluding ortho intramolecular Hbond substituents is 1. The second-order valence-corrected chi connectivity index (χ2v) is 4.62. The smallest absolute Gasteiger partial charge is 0.126 e. The van der Waals surface area contributed by atoms with Crippen molar-refractivity contribution in [2.75, 3.05) is 0 Å². The molecule has 0 spiro atoms. The van der Waals surface area contributed by atoms with Crippen molar-refractivity contribution in [1.82, 2.24) is 19.7 Å². The molecule has 0 saturated heterocycles. The van der Waals surface area contributed by atoms with Crippen molar-refractivity contribution in [3.05, 3.63) is 36.0 Å². The maximum atomic E-state index is 9.91. The van der Waals surface area contributed by atoms with E-state index in [1.807, 2.05) is 33.2 Å². The van der Waals surface area contributed by atoms with Crippen molar-refractivity contribution in [3.63, 3.8) is 0 Å². The number of phenols is 1. The summed E-state index contributed by atoms with van der Waals surface area (Å²) in [5, 5.41) is 15.1. The number of rotatable bonds is 1. The standard InChI is InChI=1S/C14H14N4O/c1-8-13(9(2)16-7-15-8)10-4-5-12(19)11-6-18(3)17-14(10)11/h4-7,19H,1-3H3. The average molecular weight is 254 g/mol. The Morgan fingerprint density at radius 2 is 1.79 bits per heavy atom. The van der Waals surface area contributed by atoms with E-state index in [-0.39, 0.29) is 5.75 Å². The van der Waals surface area contributed by atoms with Crippen LogP contribution < -0.4 is 0 Å². The summed E-state index contributed by atoms with van der Waals surface area (Å²) in [5.41, 5.74) is 4.51. The van der Waals surface area contributed by atoms with Crippen LogP contribution in [0.3, 0.4) is 0 Å². The lowest BCUT2D eigenvalue weighted by Gasteiger charge is -2.09. The van der Waals surface area contributed by atoms with Gasteiger partial charge in [0.1, 0.15) is 17.6 Å². The number of benzene rings is 1. The highest BCUT2D eigenvalue weighted by atomic mass is 16.3. The Kier molecular flexibility index (Phi) is 2.48. The number of hydrogen-bond donors (Lipinski definition) is 1. The Bertz CT molecular complexity index is 756. The lowest BCUT2D eigenvalue weighted by atomic mass is 10.00. The highest BCUT2D eigenvalue weighted by Gasteiger charge is 2.15. The van der Waals surface area contributed by atoms with E-state index in [9.17, 15) is 5.11 Å². The molecule has 19 heavy (non-hydrogen) atoms. The molecule has 96 valence electrons. The van der Waals surface area contributed by atoms with Crippen molar-refractivity contribution in [2.24, 2.45) is 7.05 Å². The molecule has 0 fully saturated rings. The van der Waals surface area contributed by atoms with Crippen LogP contribution in [0.2, 0.25) is 0 Å². The molecule has 0 bridgehead atoms. The first-order valence-corrected chi connectivity index (χ1v) is 6.02. The molecule has 0 amide bonds. The lowest BCUT2D eigenvalue weighted by molar-refractivity contribution is 0.481. The third kappa shape index (κ3) is 1.74. The molecule has 5 nitrogen and oxygen atoms in total. The van der Waals surface area contributed by atoms with Gasteiger partial charge in [0.05, 0.1) is 5.39 Å². The van der Waals surface area contributed by atoms with E-state index in [4.69, 9.17) is 0 Å². The summed E-state index contributed by atoms with van der Waals surface area (Å²) in [6.07, 6.45) is 3.37. The van der Waals surface area contributed by atoms with Crippen LogP contribution in [-0.2, 0) is 7.05 Å². The molecular weight excluding hydrogens is 240 g/mol. The van der Waals surface area contributed by atoms with Crippen LogP contribution in [0.5, 0.6) is 5.75 Å². The minimum atomic E-state index is 0.235. The topological polar surface area (TPSA) is 63.8 Å². The highest BCUT2D eigenvalue weighted by Crippen LogP contribution is 2.34. The largest absolute Gasteiger partial charge is 0.507 e. The van der Waals surface area contributed by atoms with E-state index in [0.717, 1.165) is 33.4 Å². The van der Waals surface area contributed by atoms with E-state index in [1.54, 1.807) is 17.1 Å². The molecule has 0 aliphatic rings. The highest BCUT2D eigenvalue weighted by molar-refractivity contribution is 5.97. The third-order valence-corrected chi connectivity index (χ3v) is 3.26. The Labute approximate surface area is 110 Å². The monoisotopic (exact) mass is 254 g/mol. The van der Waals surface area contributed by atoms with Crippen LogP contribution >= 0.6 is 0 Å². The van der Waals surface area contributed by atoms with Crippen LogP contribution in [0.4, 0.5) is 0 Å². The fourth-order valence-electron chi connectivity index (χ4n) is 2.39. The van der Waals surface area contributed by atoms with Gasteiger partial charge in [0.15, 0.2) is 0 Å². The van der Waals surface area contributed by atoms with Gasteiger partial charge in [-0.3, -0.25) is 4.68 Å². The number of aromatic nitrogens is 4. The van der Waals surface area contributed by atoms with Crippen molar-refractivity contribution in [3.8, 4) is 16.9 Å². The van der Waals surface area contributed by atoms with Gasteiger partial charge in [0, 0.05) is 35.8 Å². The van der Waals surface area contributed by atoms with E-state index in [2.05, 4.69) is 15.1 Å². The quantitative estimate of drug-likeness (QED) is 0.724. The average Bonchev–Trinajstić information content (AvgIpc) is 2.74. The minimum absolute atomic E-state index is 0.235. The molecule has 0 atom stereocenters. The number of fused-ring (bicyclic) bond motifs is 1. The predicted octanol–water partition coefficient (Wildman–Crippen LogP) is 2.35. The van der Waals surface area contributed by atoms with E-state index in [0.29, 0.717) is 0 Å². The van der Waals surface area contributed by atoms with Gasteiger partial charge in [-0.05, 0) is 26.0 Å². The predicted molar refractivity (Wildman–Crippen MR) is 72.9 cm³/mol. The lowest BCUT2D eigenvalue weighted by Crippen LogP contribution is -1.95. The molecule has 5 heteroatoms. The molecule has 0 saturated carbocycles. The first-order chi connectivity index (χ1) is 9.08. The molecule has 2 heterocycles. The molecule has 0 unspecified atom stereocenters. The molecule has 3 aromatic rings. The fourth-order valence-corrected chi connectivity index (χ4v) is 2.39. The van der Waals surface area contributed by atoms with E-state index >= 15 is 0 Å². The summed E-state index contributed by atoms with van der Waals surface area (Å²) in [6.45, 7) is 3.90. The summed E-state index contributed by atoms with van der Waals surface area (Å²) in [6, 6.07) is 3.55. The zero-order valence-electron chi connectivity index (χ0n) is 11.0. The number of hydrogen-bond acceptors (Lipinski definition) is 4. The normalized spacial score (nSPS) is 11.1. The molecule has 2 aromatic heterocycles. The second kappa shape index (κ2) is 4.05. The summed E-state index contributed by atoms with van der Waals surface area (Å²) >= 11 is 0. The summed E-state index contributed by atoms with van der Waals surface area (Å²) in [4.78, 5) is 8.49. The van der Waals surface area contributed by atoms with E-state index in [1.165, 1.54) is 0 Å². The molecule has 1 N–H and O–H groups in total. The zero-order chi connectivity index (χ0) is 13.6. The van der Waals surface area contributed by atoms with E-state index < -0.39 is 0 Å². The molecule has 0 aliphatic carbocycles. The van der Waals surface area contributed by atoms with Crippen LogP contribution in [0.25, 0.3) is 22.0 Å². The van der Waals surface area contributed by atoms with Crippen molar-refractivity contribution < 1.29 is 5.11 Å². The molecule has 0 radical (unpaired) electrons. The van der Waals surface area contributed by atoms with Crippen LogP contribution in [0.1, 0.15) is 11.4 Å². The molecule has 1 aromatic carbocycles. The van der Waals surface area contributed by atoms with Crippen LogP contribution in [0, 0.1) is 13.8 Å². The first kappa shape index (κ1) is 11.6. The Hall–Kier alpha value is -2.43. The van der Waals surface area contributed by atoms with Gasteiger partial charge in [-0.2, -0.15) is 5.10 Å². The number of aromatic hydroxyl groups is 1. The Morgan fingerprint density at radius 1 is 1.11 bits per heavy atom. The summed E-state index contributed by atoms with van der Waals surface area (Å²) in [5.74, 6) is 0.235. The number of nitrogens with zero attached hydrogens (tertiary/aromatic N) is 4. The van der Waals surface area contributed by atoms with Crippen LogP contribution in [-0.4, -0.2) is 24.9 Å². The van der Waals surface area contributed by atoms with Gasteiger partial charge in [0.2, 0.25) is 0 Å². The maximum absolute atomic E-state index is 9.91. The molecular formula is C14H14N4O. The Morgan fingerprint density at radius 3 is 2.47 bits per heavy atom. The fraction of sp³-hybridized carbons (Fsp3) is 0.214. The van der Waals surface area contributed by atoms with Crippen molar-refractivity contribution in [1.29, 1.82) is 0 Å². The second-order valence-electron chi connectivity index (χ2n) is 4.62. The summed E-state index contributed by atoms with van der Waals surface area (Å²) < 4.78 is 1.70. The molecule has 0 aliphatic heterocycles. The number of aryl methyl sites for hydroxylation is 3. The van der Waals surface area contributed by atoms with Gasteiger partial charge in [-0.1, -0.05) is 0 Å². The van der Waals surface area contributed by atoms with Gasteiger partial charge in [-0.25, -0.2) is 9.97 Å². The maximum Gasteiger partial charge on any atom is 0.126 e. The molecule has 3 rings (SSSR count). The SMILES string of the molecule is Cc1ncnc(C)c1-c1ccc(O)c2cn(C)nc12. The Balaban J connectivity index is 2.41. The van der Waals surface area contributed by atoms with Gasteiger partial charge in [-0.15, -0.1) is 0 Å². The van der Waals surface area contributed by atoms with Crippen LogP contribution in [0.15, 0.2) is 24.7 Å². The van der Waals surface area contributed by atoms with Crippen molar-refractivity contribution >= 4 is 10.9 Å². The van der Waals surface area contributed by atoms with Gasteiger partial charge in [0.25, 0.3) is 0 Å². The minimum Gasteiger partial charge on any atom is -0.507 e. The van der Waals surface area contributed by atoms with Gasteiger partial charge >= 0.3 is 0 Å². The zero-order valence-corrected chi connectivity index (χ0v) is 11.0. The van der Waals surface area contributed by atoms with Gasteiger partial charge < -0.3 is 5.11 Å². The summed E-state index contributed by atoms with van der Waals surface area (Å²) in [7, 11) is 1.84. The third-order valence-electron chi connectivity index (χ3n) is 3.26. The van der Waals surface area contributed by atoms with Crippen molar-refractivity contribution in [2.45, 2.75) is 13.8 Å².